The van der Waals surface area contributed by atoms with E-state index in [0.29, 0.717) is 36.3 Å². The molecule has 1 heterocycles. The van der Waals surface area contributed by atoms with Crippen LogP contribution < -0.4 is 4.74 Å². The average Bonchev–Trinajstić information content (AvgIpc) is 3.45. The number of rotatable bonds is 4. The molecule has 27 heavy (non-hydrogen) atoms. The largest absolute Gasteiger partial charge is 0.504 e. The van der Waals surface area contributed by atoms with Crippen molar-refractivity contribution in [2.75, 3.05) is 20.2 Å². The lowest BCUT2D eigenvalue weighted by Crippen LogP contribution is -2.58. The number of likely N-dealkylation sites (tertiary alicyclic amines) is 1. The van der Waals surface area contributed by atoms with Crippen molar-refractivity contribution in [3.63, 3.8) is 0 Å². The molecule has 2 unspecified atom stereocenters. The number of phenolic OH excluding ortho intramolecular Hbond substituents is 1. The molecule has 1 N–H and O–H groups in total. The molecular formula is C22H30BrNO3. The fourth-order valence-electron chi connectivity index (χ4n) is 5.71. The zero-order valence-corrected chi connectivity index (χ0v) is 18.1. The number of benzene rings is 1. The molecule has 2 saturated carbocycles. The SMILES string of the molecule is COc1cc(Br)c(C)c([C@@]23CCN(CC4CC4)C(C)C2CCC(=O)C3)c1O. The Balaban J connectivity index is 1.80. The van der Waals surface area contributed by atoms with E-state index in [1.54, 1.807) is 7.11 Å². The smallest absolute Gasteiger partial charge is 0.161 e. The van der Waals surface area contributed by atoms with Crippen LogP contribution in [0.3, 0.4) is 0 Å². The van der Waals surface area contributed by atoms with Crippen molar-refractivity contribution in [2.45, 2.75) is 63.8 Å². The van der Waals surface area contributed by atoms with Crippen LogP contribution in [0.2, 0.25) is 0 Å². The first-order chi connectivity index (χ1) is 12.9. The molecule has 1 aliphatic heterocycles. The fraction of sp³-hybridized carbons (Fsp3) is 0.682. The number of piperidine rings is 1. The fourth-order valence-corrected chi connectivity index (χ4v) is 6.11. The van der Waals surface area contributed by atoms with Gasteiger partial charge in [0.2, 0.25) is 0 Å². The monoisotopic (exact) mass is 435 g/mol. The number of ketones is 1. The van der Waals surface area contributed by atoms with Crippen LogP contribution in [0, 0.1) is 18.8 Å². The van der Waals surface area contributed by atoms with Crippen molar-refractivity contribution in [3.8, 4) is 11.5 Å². The molecule has 0 bridgehead atoms. The van der Waals surface area contributed by atoms with Crippen molar-refractivity contribution in [2.24, 2.45) is 11.8 Å². The van der Waals surface area contributed by atoms with Crippen molar-refractivity contribution < 1.29 is 14.6 Å². The predicted octanol–water partition coefficient (Wildman–Crippen LogP) is 4.58. The third kappa shape index (κ3) is 3.21. The number of hydrogen-bond donors (Lipinski definition) is 1. The third-order valence-electron chi connectivity index (χ3n) is 7.33. The Labute approximate surface area is 170 Å². The molecule has 0 spiro atoms. The number of ether oxygens (including phenoxy) is 1. The lowest BCUT2D eigenvalue weighted by molar-refractivity contribution is -0.126. The molecule has 1 aromatic rings. The van der Waals surface area contributed by atoms with E-state index in [-0.39, 0.29) is 11.2 Å². The van der Waals surface area contributed by atoms with Gasteiger partial charge in [0.25, 0.3) is 0 Å². The lowest BCUT2D eigenvalue weighted by atomic mass is 9.55. The number of carbonyl (C=O) groups is 1. The Bertz CT molecular complexity index is 760. The summed E-state index contributed by atoms with van der Waals surface area (Å²) in [5.41, 5.74) is 1.68. The molecule has 1 saturated heterocycles. The van der Waals surface area contributed by atoms with E-state index < -0.39 is 0 Å². The minimum absolute atomic E-state index is 0.223. The maximum Gasteiger partial charge on any atom is 0.161 e. The second-order valence-corrected chi connectivity index (χ2v) is 9.71. The summed E-state index contributed by atoms with van der Waals surface area (Å²) in [5, 5.41) is 11.1. The lowest BCUT2D eigenvalue weighted by Gasteiger charge is -2.55. The van der Waals surface area contributed by atoms with Crippen molar-refractivity contribution in [3.05, 3.63) is 21.7 Å². The van der Waals surface area contributed by atoms with Gasteiger partial charge in [-0.1, -0.05) is 15.9 Å². The van der Waals surface area contributed by atoms with Gasteiger partial charge in [0, 0.05) is 40.9 Å². The zero-order chi connectivity index (χ0) is 19.3. The average molecular weight is 436 g/mol. The Hall–Kier alpha value is -1.07. The first-order valence-corrected chi connectivity index (χ1v) is 11.0. The first-order valence-electron chi connectivity index (χ1n) is 10.2. The maximum atomic E-state index is 12.6. The van der Waals surface area contributed by atoms with Gasteiger partial charge >= 0.3 is 0 Å². The molecule has 148 valence electrons. The molecule has 3 aliphatic rings. The highest BCUT2D eigenvalue weighted by Gasteiger charge is 2.53. The molecule has 4 nitrogen and oxygen atoms in total. The molecule has 5 heteroatoms. The molecular weight excluding hydrogens is 406 g/mol. The van der Waals surface area contributed by atoms with Crippen LogP contribution in [-0.4, -0.2) is 42.0 Å². The molecule has 0 radical (unpaired) electrons. The van der Waals surface area contributed by atoms with Gasteiger partial charge in [0.1, 0.15) is 5.78 Å². The molecule has 3 atom stereocenters. The molecule has 4 rings (SSSR count). The molecule has 1 aromatic carbocycles. The molecule has 3 fully saturated rings. The number of phenols is 1. The van der Waals surface area contributed by atoms with E-state index in [0.717, 1.165) is 40.9 Å². The summed E-state index contributed by atoms with van der Waals surface area (Å²) in [6.45, 7) is 6.56. The number of halogens is 1. The molecule has 0 aromatic heterocycles. The van der Waals surface area contributed by atoms with E-state index in [2.05, 4.69) is 27.8 Å². The van der Waals surface area contributed by atoms with Gasteiger partial charge in [-0.05, 0) is 69.5 Å². The number of Topliss-reactive ketones (excluding diaryl/α,β-unsaturated/α-hetero) is 1. The summed E-state index contributed by atoms with van der Waals surface area (Å²) in [5.74, 6) is 2.28. The summed E-state index contributed by atoms with van der Waals surface area (Å²) < 4.78 is 6.39. The van der Waals surface area contributed by atoms with Crippen LogP contribution in [-0.2, 0) is 10.2 Å². The molecule has 2 aliphatic carbocycles. The van der Waals surface area contributed by atoms with Gasteiger partial charge in [0.05, 0.1) is 7.11 Å². The highest BCUT2D eigenvalue weighted by molar-refractivity contribution is 9.10. The third-order valence-corrected chi connectivity index (χ3v) is 8.15. The van der Waals surface area contributed by atoms with Gasteiger partial charge in [0.15, 0.2) is 11.5 Å². The van der Waals surface area contributed by atoms with Gasteiger partial charge in [-0.15, -0.1) is 0 Å². The maximum absolute atomic E-state index is 12.6. The van der Waals surface area contributed by atoms with E-state index in [9.17, 15) is 9.90 Å². The number of fused-ring (bicyclic) bond motifs is 1. The predicted molar refractivity (Wildman–Crippen MR) is 109 cm³/mol. The number of methoxy groups -OCH3 is 1. The number of nitrogens with zero attached hydrogens (tertiary/aromatic N) is 1. The van der Waals surface area contributed by atoms with E-state index >= 15 is 0 Å². The van der Waals surface area contributed by atoms with Crippen molar-refractivity contribution in [1.29, 1.82) is 0 Å². The van der Waals surface area contributed by atoms with Gasteiger partial charge < -0.3 is 14.7 Å². The minimum Gasteiger partial charge on any atom is -0.504 e. The van der Waals surface area contributed by atoms with Crippen LogP contribution in [0.4, 0.5) is 0 Å². The summed E-state index contributed by atoms with van der Waals surface area (Å²) in [6.07, 6.45) is 5.76. The summed E-state index contributed by atoms with van der Waals surface area (Å²) in [6, 6.07) is 2.26. The second kappa shape index (κ2) is 7.07. The summed E-state index contributed by atoms with van der Waals surface area (Å²) >= 11 is 3.65. The van der Waals surface area contributed by atoms with Gasteiger partial charge in [-0.3, -0.25) is 4.79 Å². The van der Waals surface area contributed by atoms with Crippen LogP contribution >= 0.6 is 15.9 Å². The Kier molecular flexibility index (Phi) is 5.04. The topological polar surface area (TPSA) is 49.8 Å². The quantitative estimate of drug-likeness (QED) is 0.751. The van der Waals surface area contributed by atoms with E-state index in [4.69, 9.17) is 4.74 Å². The summed E-state index contributed by atoms with van der Waals surface area (Å²) in [4.78, 5) is 15.2. The Morgan fingerprint density at radius 2 is 2.11 bits per heavy atom. The highest BCUT2D eigenvalue weighted by Crippen LogP contribution is 2.56. The van der Waals surface area contributed by atoms with Crippen LogP contribution in [0.15, 0.2) is 10.5 Å². The van der Waals surface area contributed by atoms with Crippen molar-refractivity contribution >= 4 is 21.7 Å². The standard InChI is InChI=1S/C22H30BrNO3/c1-13-18(23)10-19(27-3)21(26)20(13)22-8-9-24(12-15-4-5-15)14(2)17(22)7-6-16(25)11-22/h10,14-15,17,26H,4-9,11-12H2,1-3H3/t14?,17?,22-/m1/s1. The van der Waals surface area contributed by atoms with Crippen LogP contribution in [0.1, 0.15) is 56.6 Å². The normalized spacial score (nSPS) is 31.6. The Morgan fingerprint density at radius 3 is 2.78 bits per heavy atom. The number of hydrogen-bond acceptors (Lipinski definition) is 4. The zero-order valence-electron chi connectivity index (χ0n) is 16.6. The van der Waals surface area contributed by atoms with Gasteiger partial charge in [-0.25, -0.2) is 0 Å². The first kappa shape index (κ1) is 19.3. The van der Waals surface area contributed by atoms with Crippen molar-refractivity contribution in [1.82, 2.24) is 4.90 Å². The van der Waals surface area contributed by atoms with Gasteiger partial charge in [-0.2, -0.15) is 0 Å². The van der Waals surface area contributed by atoms with E-state index in [1.165, 1.54) is 19.4 Å². The minimum atomic E-state index is -0.292. The Morgan fingerprint density at radius 1 is 1.37 bits per heavy atom. The highest BCUT2D eigenvalue weighted by atomic mass is 79.9. The number of aromatic hydroxyl groups is 1. The van der Waals surface area contributed by atoms with E-state index in [1.807, 2.05) is 13.0 Å². The van der Waals surface area contributed by atoms with Crippen LogP contribution in [0.5, 0.6) is 11.5 Å². The number of carbonyl (C=O) groups excluding carboxylic acids is 1. The summed E-state index contributed by atoms with van der Waals surface area (Å²) in [7, 11) is 1.59. The molecule has 0 amide bonds. The second-order valence-electron chi connectivity index (χ2n) is 8.85. The van der Waals surface area contributed by atoms with Crippen LogP contribution in [0.25, 0.3) is 0 Å².